The maximum atomic E-state index is 13.2. The molecule has 1 aromatic carbocycles. The van der Waals surface area contributed by atoms with Crippen LogP contribution in [0.1, 0.15) is 5.56 Å². The summed E-state index contributed by atoms with van der Waals surface area (Å²) in [5.74, 6) is 0. The van der Waals surface area contributed by atoms with E-state index < -0.39 is 0 Å². The van der Waals surface area contributed by atoms with Crippen LogP contribution in [-0.4, -0.2) is 9.59 Å². The van der Waals surface area contributed by atoms with E-state index in [2.05, 4.69) is 0 Å². The highest BCUT2D eigenvalue weighted by Crippen LogP contribution is 2.22. The minimum absolute atomic E-state index is 0.475. The fraction of sp³-hybridized carbons (Fsp3) is 0.200. The number of halogens is 1. The molecule has 0 spiro atoms. The highest BCUT2D eigenvalue weighted by atomic mass is 19.2. The van der Waals surface area contributed by atoms with Gasteiger partial charge >= 0.3 is 0 Å². The molecule has 2 aromatic rings. The van der Waals surface area contributed by atoms with Crippen molar-refractivity contribution in [3.05, 3.63) is 36.0 Å². The summed E-state index contributed by atoms with van der Waals surface area (Å²) >= 11 is 0. The number of hydrogen-bond donors (Lipinski definition) is 1. The van der Waals surface area contributed by atoms with E-state index >= 15 is 0 Å². The third kappa shape index (κ3) is 1.33. The van der Waals surface area contributed by atoms with Crippen LogP contribution in [-0.2, 0) is 13.6 Å². The molecule has 0 saturated carbocycles. The van der Waals surface area contributed by atoms with Gasteiger partial charge in [0, 0.05) is 19.2 Å². The van der Waals surface area contributed by atoms with Crippen molar-refractivity contribution in [3.8, 4) is 11.3 Å². The summed E-state index contributed by atoms with van der Waals surface area (Å²) in [6.45, 7) is 0.475. The van der Waals surface area contributed by atoms with Crippen LogP contribution in [0.3, 0.4) is 0 Å². The molecule has 3 nitrogen and oxygen atoms in total. The maximum absolute atomic E-state index is 13.2. The van der Waals surface area contributed by atoms with Crippen molar-refractivity contribution in [3.63, 3.8) is 0 Å². The van der Waals surface area contributed by atoms with Crippen molar-refractivity contribution in [2.75, 3.05) is 0 Å². The van der Waals surface area contributed by atoms with E-state index in [0.29, 0.717) is 17.1 Å². The molecule has 0 aliphatic heterocycles. The molecule has 0 radical (unpaired) electrons. The van der Waals surface area contributed by atoms with Gasteiger partial charge in [-0.2, -0.15) is 0 Å². The Kier molecular flexibility index (Phi) is 2.13. The van der Waals surface area contributed by atoms with E-state index in [4.69, 9.17) is 5.73 Å². The molecule has 0 fully saturated rings. The molecule has 14 heavy (non-hydrogen) atoms. The van der Waals surface area contributed by atoms with Gasteiger partial charge in [-0.25, -0.2) is 0 Å². The van der Waals surface area contributed by atoms with Gasteiger partial charge in [0.15, 0.2) is 0 Å². The van der Waals surface area contributed by atoms with Crippen molar-refractivity contribution in [1.29, 1.82) is 0 Å². The topological polar surface area (TPSA) is 35.9 Å². The van der Waals surface area contributed by atoms with Gasteiger partial charge in [0.1, 0.15) is 5.69 Å². The van der Waals surface area contributed by atoms with Gasteiger partial charge in [-0.1, -0.05) is 22.7 Å². The molecule has 2 rings (SSSR count). The largest absolute Gasteiger partial charge is 0.326 e. The monoisotopic (exact) mass is 193 g/mol. The Morgan fingerprint density at radius 2 is 2.21 bits per heavy atom. The summed E-state index contributed by atoms with van der Waals surface area (Å²) in [5, 5.41) is 0. The Balaban J connectivity index is 2.39. The fourth-order valence-electron chi connectivity index (χ4n) is 1.43. The first-order valence-electron chi connectivity index (χ1n) is 4.42. The molecule has 4 heteroatoms. The number of benzene rings is 1. The molecular formula is C10H12FN3. The summed E-state index contributed by atoms with van der Waals surface area (Å²) in [4.78, 5) is 0.607. The van der Waals surface area contributed by atoms with Gasteiger partial charge in [-0.05, 0) is 11.6 Å². The summed E-state index contributed by atoms with van der Waals surface area (Å²) < 4.78 is 14.5. The third-order valence-corrected chi connectivity index (χ3v) is 2.24. The highest BCUT2D eigenvalue weighted by Gasteiger charge is 2.09. The summed E-state index contributed by atoms with van der Waals surface area (Å²) in [7, 11) is 1.65. The smallest absolute Gasteiger partial charge is 0.118 e. The first kappa shape index (κ1) is 9.02. The molecule has 0 bridgehead atoms. The average molecular weight is 193 g/mol. The van der Waals surface area contributed by atoms with Gasteiger partial charge in [-0.3, -0.25) is 4.68 Å². The molecule has 2 N–H and O–H groups in total. The third-order valence-electron chi connectivity index (χ3n) is 2.24. The molecule has 0 unspecified atom stereocenters. The van der Waals surface area contributed by atoms with Crippen LogP contribution in [0.4, 0.5) is 4.48 Å². The SMILES string of the molecule is Cn1cc(-c2cccc(CN)c2)n1F. The predicted molar refractivity (Wildman–Crippen MR) is 53.2 cm³/mol. The Bertz CT molecular complexity index is 442. The molecule has 1 heterocycles. The predicted octanol–water partition coefficient (Wildman–Crippen LogP) is 1.68. The zero-order valence-corrected chi connectivity index (χ0v) is 7.94. The highest BCUT2D eigenvalue weighted by molar-refractivity contribution is 5.60. The number of aromatic nitrogens is 2. The summed E-state index contributed by atoms with van der Waals surface area (Å²) in [6.07, 6.45) is 1.73. The minimum atomic E-state index is 0.475. The Labute approximate surface area is 81.5 Å². The number of hydrogen-bond acceptors (Lipinski definition) is 1. The van der Waals surface area contributed by atoms with Gasteiger partial charge in [-0.15, -0.1) is 4.90 Å². The first-order valence-corrected chi connectivity index (χ1v) is 4.42. The molecule has 0 amide bonds. The first-order chi connectivity index (χ1) is 6.72. The Hall–Kier alpha value is -1.55. The maximum Gasteiger partial charge on any atom is 0.118 e. The van der Waals surface area contributed by atoms with E-state index in [-0.39, 0.29) is 0 Å². The fourth-order valence-corrected chi connectivity index (χ4v) is 1.43. The van der Waals surface area contributed by atoms with Crippen LogP contribution in [0.5, 0.6) is 0 Å². The van der Waals surface area contributed by atoms with Crippen LogP contribution in [0.25, 0.3) is 11.3 Å². The normalized spacial score (nSPS) is 10.8. The number of nitrogens with two attached hydrogens (primary N) is 1. The molecular weight excluding hydrogens is 181 g/mol. The van der Waals surface area contributed by atoms with Crippen LogP contribution >= 0.6 is 0 Å². The Morgan fingerprint density at radius 1 is 1.43 bits per heavy atom. The number of aryl methyl sites for hydroxylation is 1. The van der Waals surface area contributed by atoms with Gasteiger partial charge in [0.05, 0.1) is 6.20 Å². The second-order valence-electron chi connectivity index (χ2n) is 3.25. The molecule has 0 aliphatic rings. The summed E-state index contributed by atoms with van der Waals surface area (Å²) in [6, 6.07) is 7.57. The van der Waals surface area contributed by atoms with Crippen LogP contribution in [0, 0.1) is 0 Å². The lowest BCUT2D eigenvalue weighted by Crippen LogP contribution is -2.14. The molecule has 0 aliphatic carbocycles. The van der Waals surface area contributed by atoms with E-state index in [1.807, 2.05) is 24.3 Å². The molecule has 74 valence electrons. The van der Waals surface area contributed by atoms with Crippen LogP contribution in [0.2, 0.25) is 0 Å². The van der Waals surface area contributed by atoms with Crippen molar-refractivity contribution in [1.82, 2.24) is 9.59 Å². The zero-order chi connectivity index (χ0) is 10.1. The average Bonchev–Trinajstić information content (AvgIpc) is 2.25. The lowest BCUT2D eigenvalue weighted by molar-refractivity contribution is 0.241. The lowest BCUT2D eigenvalue weighted by atomic mass is 10.1. The quantitative estimate of drug-likeness (QED) is 0.774. The van der Waals surface area contributed by atoms with E-state index in [1.165, 1.54) is 4.68 Å². The van der Waals surface area contributed by atoms with Crippen molar-refractivity contribution in [2.24, 2.45) is 12.8 Å². The second kappa shape index (κ2) is 3.31. The van der Waals surface area contributed by atoms with E-state index in [9.17, 15) is 4.48 Å². The Morgan fingerprint density at radius 3 is 2.79 bits per heavy atom. The zero-order valence-electron chi connectivity index (χ0n) is 7.94. The van der Waals surface area contributed by atoms with Crippen LogP contribution in [0.15, 0.2) is 30.5 Å². The van der Waals surface area contributed by atoms with Gasteiger partial charge < -0.3 is 5.73 Å². The molecule has 0 atom stereocenters. The molecule has 1 aromatic heterocycles. The summed E-state index contributed by atoms with van der Waals surface area (Å²) in [5.41, 5.74) is 7.94. The lowest BCUT2D eigenvalue weighted by Gasteiger charge is -2.15. The second-order valence-corrected chi connectivity index (χ2v) is 3.25. The van der Waals surface area contributed by atoms with Crippen molar-refractivity contribution in [2.45, 2.75) is 6.54 Å². The number of nitrogens with zero attached hydrogens (tertiary/aromatic N) is 2. The van der Waals surface area contributed by atoms with E-state index in [0.717, 1.165) is 11.1 Å². The van der Waals surface area contributed by atoms with Crippen molar-refractivity contribution < 1.29 is 4.48 Å². The molecule has 0 saturated heterocycles. The van der Waals surface area contributed by atoms with Gasteiger partial charge in [0.2, 0.25) is 0 Å². The number of rotatable bonds is 2. The van der Waals surface area contributed by atoms with E-state index in [1.54, 1.807) is 13.2 Å². The standard InChI is InChI=1S/C10H12FN3/c1-13-7-10(14(13)11)9-4-2-3-8(5-9)6-12/h2-5,7H,6,12H2,1H3. The van der Waals surface area contributed by atoms with Crippen molar-refractivity contribution >= 4 is 0 Å². The minimum Gasteiger partial charge on any atom is -0.326 e. The van der Waals surface area contributed by atoms with Gasteiger partial charge in [0.25, 0.3) is 0 Å². The van der Waals surface area contributed by atoms with Crippen LogP contribution < -0.4 is 5.73 Å².